The van der Waals surface area contributed by atoms with Crippen molar-refractivity contribution in [3.05, 3.63) is 45.9 Å². The van der Waals surface area contributed by atoms with Crippen LogP contribution in [0.3, 0.4) is 0 Å². The van der Waals surface area contributed by atoms with Crippen LogP contribution in [-0.2, 0) is 0 Å². The number of hydrogen-bond donors (Lipinski definition) is 3. The number of nitrogen functional groups attached to an aromatic ring is 1. The van der Waals surface area contributed by atoms with Crippen molar-refractivity contribution < 1.29 is 9.18 Å². The zero-order chi connectivity index (χ0) is 14.0. The van der Waals surface area contributed by atoms with Crippen LogP contribution in [0.4, 0.5) is 15.8 Å². The van der Waals surface area contributed by atoms with Gasteiger partial charge in [-0.15, -0.1) is 11.3 Å². The first-order valence-electron chi connectivity index (χ1n) is 5.68. The van der Waals surface area contributed by atoms with Gasteiger partial charge in [0.15, 0.2) is 0 Å². The van der Waals surface area contributed by atoms with E-state index in [1.807, 2.05) is 24.4 Å². The highest BCUT2D eigenvalue weighted by molar-refractivity contribution is 7.10. The minimum atomic E-state index is -0.677. The van der Waals surface area contributed by atoms with Crippen molar-refractivity contribution in [3.63, 3.8) is 0 Å². The van der Waals surface area contributed by atoms with Crippen LogP contribution in [-0.4, -0.2) is 5.91 Å². The van der Waals surface area contributed by atoms with Crippen molar-refractivity contribution in [2.24, 2.45) is 5.73 Å². The summed E-state index contributed by atoms with van der Waals surface area (Å²) in [4.78, 5) is 12.3. The van der Waals surface area contributed by atoms with Crippen LogP contribution in [0.1, 0.15) is 28.2 Å². The number of thiophene rings is 1. The van der Waals surface area contributed by atoms with Crippen LogP contribution in [0.5, 0.6) is 0 Å². The number of nitrogens with two attached hydrogens (primary N) is 2. The molecule has 0 aliphatic carbocycles. The van der Waals surface area contributed by atoms with Crippen molar-refractivity contribution in [2.45, 2.75) is 13.0 Å². The number of amides is 1. The predicted octanol–water partition coefficient (Wildman–Crippen LogP) is 2.74. The van der Waals surface area contributed by atoms with Gasteiger partial charge in [0.2, 0.25) is 0 Å². The Kier molecular flexibility index (Phi) is 3.71. The Hall–Kier alpha value is -2.08. The summed E-state index contributed by atoms with van der Waals surface area (Å²) in [5.41, 5.74) is 11.1. The molecule has 0 saturated heterocycles. The second-order valence-electron chi connectivity index (χ2n) is 4.17. The SMILES string of the molecule is CC(Nc1cc(C(N)=O)c(N)cc1F)c1cccs1. The largest absolute Gasteiger partial charge is 0.398 e. The summed E-state index contributed by atoms with van der Waals surface area (Å²) in [5.74, 6) is -1.18. The number of halogens is 1. The van der Waals surface area contributed by atoms with Crippen LogP contribution < -0.4 is 16.8 Å². The van der Waals surface area contributed by atoms with Crippen molar-refractivity contribution in [1.82, 2.24) is 0 Å². The number of carbonyl (C=O) groups is 1. The molecule has 0 fully saturated rings. The molecule has 0 aliphatic rings. The molecule has 0 radical (unpaired) electrons. The molecule has 1 aromatic carbocycles. The zero-order valence-electron chi connectivity index (χ0n) is 10.3. The van der Waals surface area contributed by atoms with E-state index in [0.29, 0.717) is 0 Å². The van der Waals surface area contributed by atoms with E-state index in [4.69, 9.17) is 11.5 Å². The fourth-order valence-corrected chi connectivity index (χ4v) is 2.49. The average Bonchev–Trinajstić information content (AvgIpc) is 2.85. The number of rotatable bonds is 4. The second kappa shape index (κ2) is 5.27. The Balaban J connectivity index is 2.30. The molecule has 1 atom stereocenters. The monoisotopic (exact) mass is 279 g/mol. The summed E-state index contributed by atoms with van der Waals surface area (Å²) >= 11 is 1.57. The summed E-state index contributed by atoms with van der Waals surface area (Å²) in [5, 5.41) is 4.95. The molecule has 100 valence electrons. The van der Waals surface area contributed by atoms with Crippen LogP contribution in [0.25, 0.3) is 0 Å². The maximum Gasteiger partial charge on any atom is 0.250 e. The molecule has 2 rings (SSSR count). The van der Waals surface area contributed by atoms with Crippen LogP contribution in [0.15, 0.2) is 29.6 Å². The number of hydrogen-bond acceptors (Lipinski definition) is 4. The number of nitrogens with one attached hydrogen (secondary N) is 1. The van der Waals surface area contributed by atoms with Gasteiger partial charge in [-0.1, -0.05) is 6.07 Å². The standard InChI is InChI=1S/C13H14FN3OS/c1-7(12-3-2-4-19-12)17-11-5-8(13(16)18)10(15)6-9(11)14/h2-7,17H,15H2,1H3,(H2,16,18). The molecule has 2 aromatic rings. The molecule has 5 N–H and O–H groups in total. The van der Waals surface area contributed by atoms with E-state index in [2.05, 4.69) is 5.32 Å². The Morgan fingerprint density at radius 1 is 1.47 bits per heavy atom. The molecule has 0 saturated carbocycles. The molecule has 0 spiro atoms. The third-order valence-electron chi connectivity index (χ3n) is 2.75. The molecule has 1 aromatic heterocycles. The van der Waals surface area contributed by atoms with Gasteiger partial charge in [-0.3, -0.25) is 4.79 Å². The van der Waals surface area contributed by atoms with Gasteiger partial charge in [-0.25, -0.2) is 4.39 Å². The molecule has 4 nitrogen and oxygen atoms in total. The van der Waals surface area contributed by atoms with E-state index in [-0.39, 0.29) is 23.0 Å². The quantitative estimate of drug-likeness (QED) is 0.753. The minimum absolute atomic E-state index is 0.0410. The minimum Gasteiger partial charge on any atom is -0.398 e. The zero-order valence-corrected chi connectivity index (χ0v) is 11.1. The molecule has 1 unspecified atom stereocenters. The van der Waals surface area contributed by atoms with Gasteiger partial charge in [0.05, 0.1) is 17.3 Å². The lowest BCUT2D eigenvalue weighted by Gasteiger charge is -2.15. The van der Waals surface area contributed by atoms with Crippen LogP contribution in [0.2, 0.25) is 0 Å². The fraction of sp³-hybridized carbons (Fsp3) is 0.154. The highest BCUT2D eigenvalue weighted by Gasteiger charge is 2.14. The van der Waals surface area contributed by atoms with Gasteiger partial charge in [-0.05, 0) is 30.5 Å². The topological polar surface area (TPSA) is 81.1 Å². The smallest absolute Gasteiger partial charge is 0.250 e. The Bertz CT molecular complexity index is 598. The van der Waals surface area contributed by atoms with Gasteiger partial charge in [0.25, 0.3) is 5.91 Å². The highest BCUT2D eigenvalue weighted by Crippen LogP contribution is 2.27. The van der Waals surface area contributed by atoms with Gasteiger partial charge in [0, 0.05) is 10.6 Å². The van der Waals surface area contributed by atoms with E-state index in [0.717, 1.165) is 10.9 Å². The molecule has 0 aliphatic heterocycles. The third-order valence-corrected chi connectivity index (χ3v) is 3.80. The summed E-state index contributed by atoms with van der Waals surface area (Å²) < 4.78 is 13.8. The third kappa shape index (κ3) is 2.85. The van der Waals surface area contributed by atoms with Gasteiger partial charge < -0.3 is 16.8 Å². The predicted molar refractivity (Wildman–Crippen MR) is 75.7 cm³/mol. The maximum absolute atomic E-state index is 13.8. The van der Waals surface area contributed by atoms with E-state index < -0.39 is 11.7 Å². The first kappa shape index (κ1) is 13.4. The molecule has 6 heteroatoms. The first-order chi connectivity index (χ1) is 8.99. The van der Waals surface area contributed by atoms with Crippen LogP contribution in [0, 0.1) is 5.82 Å². The highest BCUT2D eigenvalue weighted by atomic mass is 32.1. The lowest BCUT2D eigenvalue weighted by molar-refractivity contribution is 0.100. The Morgan fingerprint density at radius 2 is 2.21 bits per heavy atom. The maximum atomic E-state index is 13.8. The molecule has 1 heterocycles. The second-order valence-corrected chi connectivity index (χ2v) is 5.14. The number of carbonyl (C=O) groups excluding carboxylic acids is 1. The first-order valence-corrected chi connectivity index (χ1v) is 6.55. The number of benzene rings is 1. The molecule has 19 heavy (non-hydrogen) atoms. The average molecular weight is 279 g/mol. The van der Waals surface area contributed by atoms with Crippen molar-refractivity contribution in [2.75, 3.05) is 11.1 Å². The van der Waals surface area contributed by atoms with E-state index in [1.54, 1.807) is 11.3 Å². The number of anilines is 2. The van der Waals surface area contributed by atoms with Crippen LogP contribution >= 0.6 is 11.3 Å². The van der Waals surface area contributed by atoms with Gasteiger partial charge >= 0.3 is 0 Å². The van der Waals surface area contributed by atoms with Crippen molar-refractivity contribution in [1.29, 1.82) is 0 Å². The molecule has 1 amide bonds. The van der Waals surface area contributed by atoms with Crippen molar-refractivity contribution >= 4 is 28.6 Å². The molecular weight excluding hydrogens is 265 g/mol. The lowest BCUT2D eigenvalue weighted by atomic mass is 10.1. The number of primary amides is 1. The summed E-state index contributed by atoms with van der Waals surface area (Å²) in [6, 6.07) is 6.25. The summed E-state index contributed by atoms with van der Waals surface area (Å²) in [6.07, 6.45) is 0. The summed E-state index contributed by atoms with van der Waals surface area (Å²) in [7, 11) is 0. The molecule has 0 bridgehead atoms. The summed E-state index contributed by atoms with van der Waals surface area (Å²) in [6.45, 7) is 1.91. The lowest BCUT2D eigenvalue weighted by Crippen LogP contribution is -2.15. The van der Waals surface area contributed by atoms with E-state index in [9.17, 15) is 9.18 Å². The van der Waals surface area contributed by atoms with Gasteiger partial charge in [-0.2, -0.15) is 0 Å². The Morgan fingerprint density at radius 3 is 2.79 bits per heavy atom. The van der Waals surface area contributed by atoms with Gasteiger partial charge in [0.1, 0.15) is 5.82 Å². The van der Waals surface area contributed by atoms with E-state index >= 15 is 0 Å². The van der Waals surface area contributed by atoms with E-state index in [1.165, 1.54) is 6.07 Å². The fourth-order valence-electron chi connectivity index (χ4n) is 1.75. The van der Waals surface area contributed by atoms with Crippen molar-refractivity contribution in [3.8, 4) is 0 Å². The molecular formula is C13H14FN3OS. The Labute approximate surface area is 114 Å². The normalized spacial score (nSPS) is 12.1.